The van der Waals surface area contributed by atoms with Crippen molar-refractivity contribution >= 4 is 40.8 Å². The highest BCUT2D eigenvalue weighted by Gasteiger charge is 2.19. The van der Waals surface area contributed by atoms with Gasteiger partial charge in [-0.3, -0.25) is 14.9 Å². The van der Waals surface area contributed by atoms with Crippen LogP contribution in [-0.4, -0.2) is 33.4 Å². The fraction of sp³-hybridized carbons (Fsp3) is 0.208. The third-order valence-corrected chi connectivity index (χ3v) is 4.53. The molecule has 0 fully saturated rings. The van der Waals surface area contributed by atoms with Crippen molar-refractivity contribution in [2.45, 2.75) is 32.8 Å². The van der Waals surface area contributed by atoms with Crippen LogP contribution in [0.2, 0.25) is 5.02 Å². The summed E-state index contributed by atoms with van der Waals surface area (Å²) in [4.78, 5) is 45.4. The zero-order valence-corrected chi connectivity index (χ0v) is 19.1. The van der Waals surface area contributed by atoms with Crippen LogP contribution >= 0.6 is 11.6 Å². The SMILES string of the molecule is CC(C)(C)OC(=O)Nc1ccc(Cl)cc1NC(=O)CC(=O)c1cccc(-c2cncnc2)c1. The van der Waals surface area contributed by atoms with Crippen LogP contribution in [0.1, 0.15) is 37.6 Å². The average molecular weight is 467 g/mol. The van der Waals surface area contributed by atoms with E-state index in [4.69, 9.17) is 16.3 Å². The molecule has 2 amide bonds. The van der Waals surface area contributed by atoms with Gasteiger partial charge in [-0.25, -0.2) is 14.8 Å². The molecule has 0 aliphatic rings. The molecule has 0 bridgehead atoms. The molecular weight excluding hydrogens is 444 g/mol. The Balaban J connectivity index is 1.70. The maximum Gasteiger partial charge on any atom is 0.412 e. The molecule has 170 valence electrons. The number of hydrogen-bond donors (Lipinski definition) is 2. The summed E-state index contributed by atoms with van der Waals surface area (Å²) in [5.74, 6) is -0.919. The van der Waals surface area contributed by atoms with E-state index < -0.39 is 24.0 Å². The molecule has 0 spiro atoms. The van der Waals surface area contributed by atoms with E-state index in [1.165, 1.54) is 18.5 Å². The highest BCUT2D eigenvalue weighted by atomic mass is 35.5. The highest BCUT2D eigenvalue weighted by molar-refractivity contribution is 6.31. The number of carbonyl (C=O) groups excluding carboxylic acids is 3. The van der Waals surface area contributed by atoms with Crippen LogP contribution < -0.4 is 10.6 Å². The average Bonchev–Trinajstić information content (AvgIpc) is 2.75. The van der Waals surface area contributed by atoms with E-state index in [9.17, 15) is 14.4 Å². The first-order valence-electron chi connectivity index (χ1n) is 10.1. The van der Waals surface area contributed by atoms with Crippen molar-refractivity contribution in [1.82, 2.24) is 9.97 Å². The van der Waals surface area contributed by atoms with Crippen molar-refractivity contribution in [3.8, 4) is 11.1 Å². The minimum Gasteiger partial charge on any atom is -0.444 e. The summed E-state index contributed by atoms with van der Waals surface area (Å²) in [7, 11) is 0. The number of anilines is 2. The number of aromatic nitrogens is 2. The Hall–Kier alpha value is -3.78. The number of ketones is 1. The maximum atomic E-state index is 12.7. The van der Waals surface area contributed by atoms with Gasteiger partial charge in [0.2, 0.25) is 5.91 Å². The summed E-state index contributed by atoms with van der Waals surface area (Å²) < 4.78 is 5.24. The number of hydrogen-bond acceptors (Lipinski definition) is 6. The molecule has 0 saturated carbocycles. The first-order valence-corrected chi connectivity index (χ1v) is 10.5. The van der Waals surface area contributed by atoms with E-state index in [1.54, 1.807) is 57.4 Å². The number of nitrogens with zero attached hydrogens (tertiary/aromatic N) is 2. The fourth-order valence-corrected chi connectivity index (χ4v) is 3.08. The summed E-state index contributed by atoms with van der Waals surface area (Å²) in [5, 5.41) is 5.56. The Bertz CT molecular complexity index is 1180. The monoisotopic (exact) mass is 466 g/mol. The summed E-state index contributed by atoms with van der Waals surface area (Å²) in [6, 6.07) is 11.5. The lowest BCUT2D eigenvalue weighted by Crippen LogP contribution is -2.27. The molecule has 9 heteroatoms. The van der Waals surface area contributed by atoms with Gasteiger partial charge in [-0.1, -0.05) is 29.8 Å². The molecule has 0 saturated heterocycles. The van der Waals surface area contributed by atoms with Gasteiger partial charge in [-0.05, 0) is 50.6 Å². The topological polar surface area (TPSA) is 110 Å². The molecule has 0 atom stereocenters. The van der Waals surface area contributed by atoms with Crippen LogP contribution in [0.4, 0.5) is 16.2 Å². The Morgan fingerprint density at radius 1 is 0.939 bits per heavy atom. The van der Waals surface area contributed by atoms with Gasteiger partial charge in [0.1, 0.15) is 11.9 Å². The molecule has 33 heavy (non-hydrogen) atoms. The van der Waals surface area contributed by atoms with Crippen molar-refractivity contribution in [2.75, 3.05) is 10.6 Å². The van der Waals surface area contributed by atoms with Gasteiger partial charge in [-0.15, -0.1) is 0 Å². The predicted octanol–water partition coefficient (Wildman–Crippen LogP) is 5.36. The second-order valence-corrected chi connectivity index (χ2v) is 8.61. The number of halogens is 1. The van der Waals surface area contributed by atoms with Gasteiger partial charge in [0.25, 0.3) is 0 Å². The minimum absolute atomic E-state index is 0.251. The van der Waals surface area contributed by atoms with Crippen molar-refractivity contribution in [1.29, 1.82) is 0 Å². The first kappa shape index (κ1) is 23.9. The molecule has 2 aromatic carbocycles. The Kier molecular flexibility index (Phi) is 7.40. The predicted molar refractivity (Wildman–Crippen MR) is 126 cm³/mol. The molecule has 3 aromatic rings. The van der Waals surface area contributed by atoms with Crippen molar-refractivity contribution < 1.29 is 19.1 Å². The summed E-state index contributed by atoms with van der Waals surface area (Å²) in [5.41, 5.74) is 1.76. The molecule has 2 N–H and O–H groups in total. The van der Waals surface area contributed by atoms with Crippen LogP contribution in [0.25, 0.3) is 11.1 Å². The van der Waals surface area contributed by atoms with E-state index in [0.717, 1.165) is 11.1 Å². The van der Waals surface area contributed by atoms with E-state index in [0.29, 0.717) is 16.3 Å². The lowest BCUT2D eigenvalue weighted by Gasteiger charge is -2.20. The molecule has 8 nitrogen and oxygen atoms in total. The van der Waals surface area contributed by atoms with Gasteiger partial charge >= 0.3 is 6.09 Å². The smallest absolute Gasteiger partial charge is 0.412 e. The lowest BCUT2D eigenvalue weighted by atomic mass is 10.0. The normalized spacial score (nSPS) is 10.9. The van der Waals surface area contributed by atoms with Crippen molar-refractivity contribution in [3.63, 3.8) is 0 Å². The quantitative estimate of drug-likeness (QED) is 0.374. The van der Waals surface area contributed by atoms with Crippen molar-refractivity contribution in [3.05, 3.63) is 71.8 Å². The second-order valence-electron chi connectivity index (χ2n) is 8.17. The van der Waals surface area contributed by atoms with Crippen LogP contribution in [0, 0.1) is 0 Å². The van der Waals surface area contributed by atoms with Crippen LogP contribution in [-0.2, 0) is 9.53 Å². The third kappa shape index (κ3) is 7.11. The number of Topliss-reactive ketones (excluding diaryl/α,β-unsaturated/α-hetero) is 1. The number of ether oxygens (including phenoxy) is 1. The number of amides is 2. The van der Waals surface area contributed by atoms with E-state index in [2.05, 4.69) is 20.6 Å². The molecule has 0 radical (unpaired) electrons. The molecular formula is C24H23ClN4O4. The second kappa shape index (κ2) is 10.2. The van der Waals surface area contributed by atoms with Gasteiger partial charge in [0, 0.05) is 28.5 Å². The lowest BCUT2D eigenvalue weighted by molar-refractivity contribution is -0.115. The summed E-state index contributed by atoms with van der Waals surface area (Å²) >= 11 is 6.05. The van der Waals surface area contributed by atoms with E-state index in [-0.39, 0.29) is 11.5 Å². The molecule has 1 heterocycles. The Labute approximate surface area is 196 Å². The molecule has 0 aliphatic carbocycles. The first-order chi connectivity index (χ1) is 15.6. The molecule has 3 rings (SSSR count). The standard InChI is InChI=1S/C24H23ClN4O4/c1-24(2,3)33-23(32)29-19-8-7-18(25)10-20(19)28-22(31)11-21(30)16-6-4-5-15(9-16)17-12-26-14-27-13-17/h4-10,12-14H,11H2,1-3H3,(H,28,31)(H,29,32). The summed E-state index contributed by atoms with van der Waals surface area (Å²) in [6.45, 7) is 5.22. The summed E-state index contributed by atoms with van der Waals surface area (Å²) in [6.07, 6.45) is 3.62. The molecule has 1 aromatic heterocycles. The largest absolute Gasteiger partial charge is 0.444 e. The van der Waals surface area contributed by atoms with E-state index in [1.807, 2.05) is 6.07 Å². The number of rotatable bonds is 6. The van der Waals surface area contributed by atoms with Crippen LogP contribution in [0.5, 0.6) is 0 Å². The number of carbonyl (C=O) groups is 3. The number of nitrogens with one attached hydrogen (secondary N) is 2. The zero-order valence-electron chi connectivity index (χ0n) is 18.4. The van der Waals surface area contributed by atoms with E-state index >= 15 is 0 Å². The van der Waals surface area contributed by atoms with Gasteiger partial charge in [0.15, 0.2) is 5.78 Å². The minimum atomic E-state index is -0.688. The van der Waals surface area contributed by atoms with Gasteiger partial charge in [0.05, 0.1) is 17.8 Å². The maximum absolute atomic E-state index is 12.7. The van der Waals surface area contributed by atoms with Crippen LogP contribution in [0.15, 0.2) is 61.2 Å². The van der Waals surface area contributed by atoms with Gasteiger partial charge < -0.3 is 10.1 Å². The van der Waals surface area contributed by atoms with Gasteiger partial charge in [-0.2, -0.15) is 0 Å². The highest BCUT2D eigenvalue weighted by Crippen LogP contribution is 2.27. The molecule has 0 unspecified atom stereocenters. The Morgan fingerprint density at radius 3 is 2.36 bits per heavy atom. The third-order valence-electron chi connectivity index (χ3n) is 4.29. The van der Waals surface area contributed by atoms with Crippen LogP contribution in [0.3, 0.4) is 0 Å². The zero-order chi connectivity index (χ0) is 24.0. The molecule has 0 aliphatic heterocycles. The number of benzene rings is 2. The van der Waals surface area contributed by atoms with Crippen molar-refractivity contribution in [2.24, 2.45) is 0 Å². The fourth-order valence-electron chi connectivity index (χ4n) is 2.91. The Morgan fingerprint density at radius 2 is 1.67 bits per heavy atom.